The number of benzene rings is 1. The number of rotatable bonds is 9. The third-order valence-electron chi connectivity index (χ3n) is 6.81. The summed E-state index contributed by atoms with van der Waals surface area (Å²) in [5.74, 6) is -7.22. The number of hydrogen-bond donors (Lipinski definition) is 2. The molecule has 2 N–H and O–H groups in total. The number of carbonyl (C=O) groups is 1. The van der Waals surface area contributed by atoms with Gasteiger partial charge in [-0.1, -0.05) is 25.5 Å². The first-order valence-corrected chi connectivity index (χ1v) is 10.4. The van der Waals surface area contributed by atoms with Crippen molar-refractivity contribution in [2.75, 3.05) is 13.2 Å². The van der Waals surface area contributed by atoms with Crippen molar-refractivity contribution in [1.82, 2.24) is 0 Å². The third-order valence-corrected chi connectivity index (χ3v) is 6.81. The molecule has 0 amide bonds. The molecule has 8 nitrogen and oxygen atoms in total. The first-order chi connectivity index (χ1) is 14.9. The standard InChI is InChI=1S/C22H27F2NO7/c1-12-8-14(16-11-15(12)21(16,2)3)19-17(9-13(26)10-18(19)27)22(23,24)20(28)31-6-4-5-7-32-25(29)30/h8-10,14-16,26-27H,4-7,11H2,1-3H3/t14-,15-,16-/m0/s1. The Morgan fingerprint density at radius 2 is 1.94 bits per heavy atom. The van der Waals surface area contributed by atoms with Crippen molar-refractivity contribution in [3.8, 4) is 11.5 Å². The molecule has 1 aromatic carbocycles. The average Bonchev–Trinajstić information content (AvgIpc) is 2.68. The second kappa shape index (κ2) is 8.55. The lowest BCUT2D eigenvalue weighted by Crippen LogP contribution is -2.51. The van der Waals surface area contributed by atoms with Gasteiger partial charge in [0.25, 0.3) is 5.09 Å². The van der Waals surface area contributed by atoms with Gasteiger partial charge in [0.15, 0.2) is 0 Å². The van der Waals surface area contributed by atoms with Crippen molar-refractivity contribution < 1.29 is 38.4 Å². The zero-order valence-electron chi connectivity index (χ0n) is 18.1. The number of phenols is 2. The van der Waals surface area contributed by atoms with Gasteiger partial charge in [-0.05, 0) is 49.5 Å². The van der Waals surface area contributed by atoms with Crippen molar-refractivity contribution in [2.24, 2.45) is 17.3 Å². The SMILES string of the molecule is CC1=C[C@H](c2c(O)cc(O)cc2C(F)(F)C(=O)OCCCCO[N+](=O)[O-])[C@@H]2C[C@@H]1C2(C)C. The zero-order valence-corrected chi connectivity index (χ0v) is 18.1. The van der Waals surface area contributed by atoms with Gasteiger partial charge in [0.1, 0.15) is 11.5 Å². The van der Waals surface area contributed by atoms with Crippen LogP contribution in [0.25, 0.3) is 0 Å². The molecule has 1 aromatic rings. The Labute approximate surface area is 183 Å². The summed E-state index contributed by atoms with van der Waals surface area (Å²) in [7, 11) is 0. The molecule has 0 unspecified atom stereocenters. The summed E-state index contributed by atoms with van der Waals surface area (Å²) in [6.07, 6.45) is 2.89. The van der Waals surface area contributed by atoms with Crippen molar-refractivity contribution >= 4 is 5.97 Å². The average molecular weight is 455 g/mol. The molecule has 2 bridgehead atoms. The van der Waals surface area contributed by atoms with Gasteiger partial charge in [-0.15, -0.1) is 10.1 Å². The fourth-order valence-electron chi connectivity index (χ4n) is 5.08. The van der Waals surface area contributed by atoms with E-state index in [1.54, 1.807) is 0 Å². The second-order valence-electron chi connectivity index (χ2n) is 9.05. The van der Waals surface area contributed by atoms with Crippen LogP contribution >= 0.6 is 0 Å². The summed E-state index contributed by atoms with van der Waals surface area (Å²) in [6.45, 7) is 5.43. The topological polar surface area (TPSA) is 119 Å². The molecular formula is C22H27F2NO7. The van der Waals surface area contributed by atoms with Gasteiger partial charge in [0.2, 0.25) is 0 Å². The predicted octanol–water partition coefficient (Wildman–Crippen LogP) is 4.43. The number of hydrogen-bond acceptors (Lipinski definition) is 7. The van der Waals surface area contributed by atoms with Crippen LogP contribution in [0.15, 0.2) is 23.8 Å². The van der Waals surface area contributed by atoms with Gasteiger partial charge in [0, 0.05) is 23.1 Å². The molecule has 3 atom stereocenters. The smallest absolute Gasteiger partial charge is 0.382 e. The lowest BCUT2D eigenvalue weighted by Gasteiger charge is -2.59. The van der Waals surface area contributed by atoms with Crippen LogP contribution in [0.5, 0.6) is 11.5 Å². The Hall–Kier alpha value is -2.91. The largest absolute Gasteiger partial charge is 0.508 e. The molecule has 1 saturated carbocycles. The van der Waals surface area contributed by atoms with Crippen LogP contribution in [-0.2, 0) is 20.3 Å². The Morgan fingerprint density at radius 1 is 1.28 bits per heavy atom. The Kier molecular flexibility index (Phi) is 6.35. The quantitative estimate of drug-likeness (QED) is 0.186. The first-order valence-electron chi connectivity index (χ1n) is 10.4. The number of fused-ring (bicyclic) bond motifs is 1. The number of aromatic hydroxyl groups is 2. The zero-order chi connectivity index (χ0) is 23.8. The molecule has 1 fully saturated rings. The maximum atomic E-state index is 15.2. The van der Waals surface area contributed by atoms with Gasteiger partial charge >= 0.3 is 11.9 Å². The van der Waals surface area contributed by atoms with Gasteiger partial charge in [-0.2, -0.15) is 8.78 Å². The fraction of sp³-hybridized carbons (Fsp3) is 0.591. The summed E-state index contributed by atoms with van der Waals surface area (Å²) in [5, 5.41) is 29.5. The number of halogens is 2. The minimum absolute atomic E-state index is 0.00110. The van der Waals surface area contributed by atoms with Crippen LogP contribution in [0.3, 0.4) is 0 Å². The van der Waals surface area contributed by atoms with Crippen molar-refractivity contribution in [1.29, 1.82) is 0 Å². The predicted molar refractivity (Wildman–Crippen MR) is 109 cm³/mol. The molecule has 0 heterocycles. The van der Waals surface area contributed by atoms with Crippen molar-refractivity contribution in [3.05, 3.63) is 45.0 Å². The van der Waals surface area contributed by atoms with Gasteiger partial charge in [-0.3, -0.25) is 0 Å². The maximum absolute atomic E-state index is 15.2. The van der Waals surface area contributed by atoms with E-state index in [0.717, 1.165) is 24.1 Å². The van der Waals surface area contributed by atoms with Crippen LogP contribution in [0, 0.1) is 27.4 Å². The normalized spacial score (nSPS) is 23.7. The number of carbonyl (C=O) groups excluding carboxylic acids is 1. The molecule has 176 valence electrons. The molecule has 3 aliphatic rings. The van der Waals surface area contributed by atoms with Crippen molar-refractivity contribution in [2.45, 2.75) is 51.9 Å². The van der Waals surface area contributed by atoms with E-state index in [1.165, 1.54) is 0 Å². The molecule has 0 saturated heterocycles. The number of nitrogens with zero attached hydrogens (tertiary/aromatic N) is 1. The highest BCUT2D eigenvalue weighted by atomic mass is 19.3. The Balaban J connectivity index is 1.83. The summed E-state index contributed by atoms with van der Waals surface area (Å²) < 4.78 is 35.1. The van der Waals surface area contributed by atoms with Crippen LogP contribution in [0.2, 0.25) is 0 Å². The Morgan fingerprint density at radius 3 is 2.53 bits per heavy atom. The summed E-state index contributed by atoms with van der Waals surface area (Å²) >= 11 is 0. The monoisotopic (exact) mass is 455 g/mol. The molecular weight excluding hydrogens is 428 g/mol. The second-order valence-corrected chi connectivity index (χ2v) is 9.05. The van der Waals surface area contributed by atoms with E-state index in [0.29, 0.717) is 5.92 Å². The fourth-order valence-corrected chi connectivity index (χ4v) is 5.08. The molecule has 0 aromatic heterocycles. The van der Waals surface area contributed by atoms with Crippen LogP contribution in [0.1, 0.15) is 57.1 Å². The highest BCUT2D eigenvalue weighted by Gasteiger charge is 2.56. The molecule has 0 spiro atoms. The molecule has 3 aliphatic carbocycles. The van der Waals surface area contributed by atoms with E-state index in [1.807, 2.05) is 13.0 Å². The van der Waals surface area contributed by atoms with Crippen LogP contribution < -0.4 is 0 Å². The van der Waals surface area contributed by atoms with E-state index in [9.17, 15) is 25.1 Å². The van der Waals surface area contributed by atoms with Gasteiger partial charge < -0.3 is 19.8 Å². The van der Waals surface area contributed by atoms with Gasteiger partial charge in [0.05, 0.1) is 13.2 Å². The van der Waals surface area contributed by atoms with E-state index in [4.69, 9.17) is 4.74 Å². The lowest BCUT2D eigenvalue weighted by atomic mass is 9.45. The molecule has 4 rings (SSSR count). The van der Waals surface area contributed by atoms with E-state index in [2.05, 4.69) is 18.7 Å². The highest BCUT2D eigenvalue weighted by molar-refractivity contribution is 5.81. The number of allylic oxidation sites excluding steroid dienone is 2. The number of ether oxygens (including phenoxy) is 1. The van der Waals surface area contributed by atoms with Crippen molar-refractivity contribution in [3.63, 3.8) is 0 Å². The van der Waals surface area contributed by atoms with E-state index in [-0.39, 0.29) is 43.0 Å². The lowest BCUT2D eigenvalue weighted by molar-refractivity contribution is -0.757. The molecule has 0 radical (unpaired) electrons. The number of unbranched alkanes of at least 4 members (excludes halogenated alkanes) is 1. The molecule has 0 aliphatic heterocycles. The number of esters is 1. The summed E-state index contributed by atoms with van der Waals surface area (Å²) in [4.78, 5) is 26.4. The summed E-state index contributed by atoms with van der Waals surface area (Å²) in [5.41, 5.74) is 0.0301. The number of phenolic OH excluding ortho intramolecular Hbond substituents is 2. The van der Waals surface area contributed by atoms with E-state index < -0.39 is 40.0 Å². The first kappa shape index (κ1) is 23.7. The molecule has 32 heavy (non-hydrogen) atoms. The van der Waals surface area contributed by atoms with Crippen LogP contribution in [-0.4, -0.2) is 34.5 Å². The molecule has 10 heteroatoms. The summed E-state index contributed by atoms with van der Waals surface area (Å²) in [6, 6.07) is 1.79. The van der Waals surface area contributed by atoms with Crippen LogP contribution in [0.4, 0.5) is 8.78 Å². The number of alkyl halides is 2. The minimum Gasteiger partial charge on any atom is -0.508 e. The van der Waals surface area contributed by atoms with Gasteiger partial charge in [-0.25, -0.2) is 4.79 Å². The maximum Gasteiger partial charge on any atom is 0.382 e. The van der Waals surface area contributed by atoms with E-state index >= 15 is 8.78 Å². The Bertz CT molecular complexity index is 944. The highest BCUT2D eigenvalue weighted by Crippen LogP contribution is 2.65. The third kappa shape index (κ3) is 4.22. The minimum atomic E-state index is -4.12.